The number of ketones is 2. The smallest absolute Gasteiger partial charge is 0.326 e. The van der Waals surface area contributed by atoms with Gasteiger partial charge in [-0.3, -0.25) is 33.1 Å². The second-order valence-corrected chi connectivity index (χ2v) is 32.2. The lowest BCUT2D eigenvalue weighted by Gasteiger charge is -2.27. The first kappa shape index (κ1) is 83.7. The number of carboxylic acids is 3. The Morgan fingerprint density at radius 2 is 1.22 bits per heavy atom. The zero-order valence-electron chi connectivity index (χ0n) is 62.0. The molecule has 4 atom stereocenters. The number of urea groups is 1. The topological polar surface area (TPSA) is 370 Å². The molecule has 0 unspecified atom stereocenters. The molecule has 5 aromatic carbocycles. The maximum atomic E-state index is 14.3. The molecule has 0 aromatic heterocycles. The Bertz CT molecular complexity index is 4470. The number of carbonyl (C=O) groups is 8. The highest BCUT2D eigenvalue weighted by atomic mass is 32.2. The Kier molecular flexibility index (Phi) is 30.1. The van der Waals surface area contributed by atoms with Crippen molar-refractivity contribution in [3.05, 3.63) is 208 Å². The number of aliphatic carboxylic acids is 3. The molecule has 2 heterocycles. The quantitative estimate of drug-likeness (QED) is 0.00995. The van der Waals surface area contributed by atoms with Crippen molar-refractivity contribution in [2.24, 2.45) is 5.92 Å². The van der Waals surface area contributed by atoms with E-state index in [1.54, 1.807) is 84.9 Å². The van der Waals surface area contributed by atoms with Crippen LogP contribution in [0.25, 0.3) is 0 Å². The molecular weight excluding hydrogens is 1420 g/mol. The van der Waals surface area contributed by atoms with Gasteiger partial charge in [0.1, 0.15) is 35.9 Å². The molecule has 8 rings (SSSR count). The van der Waals surface area contributed by atoms with E-state index >= 15 is 0 Å². The average molecular weight is 1520 g/mol. The summed E-state index contributed by atoms with van der Waals surface area (Å²) in [5, 5.41) is 39.4. The third-order valence-corrected chi connectivity index (χ3v) is 21.5. The summed E-state index contributed by atoms with van der Waals surface area (Å²) in [7, 11) is -8.31. The number of Topliss-reactive ketones (excluding diaryl/α,β-unsaturated/α-hetero) is 2. The van der Waals surface area contributed by atoms with Crippen molar-refractivity contribution in [2.45, 2.75) is 186 Å². The van der Waals surface area contributed by atoms with Crippen LogP contribution in [0.3, 0.4) is 0 Å². The van der Waals surface area contributed by atoms with Crippen LogP contribution >= 0.6 is 0 Å². The summed E-state index contributed by atoms with van der Waals surface area (Å²) in [6.45, 7) is 11.6. The number of ether oxygens (including phenoxy) is 1. The number of para-hydroxylation sites is 1. The van der Waals surface area contributed by atoms with Gasteiger partial charge in [0.2, 0.25) is 17.5 Å². The van der Waals surface area contributed by atoms with E-state index in [9.17, 15) is 74.5 Å². The number of hydrogen-bond donors (Lipinski definition) is 9. The number of hydrogen-bond acceptors (Lipinski definition) is 14. The fraction of sp³-hybridized carbons (Fsp3) is 0.427. The first-order valence-corrected chi connectivity index (χ1v) is 40.0. The number of anilines is 1. The monoisotopic (exact) mass is 1520 g/mol. The van der Waals surface area contributed by atoms with Crippen LogP contribution in [0.15, 0.2) is 174 Å². The number of allylic oxidation sites excluding steroid dienone is 7. The van der Waals surface area contributed by atoms with E-state index < -0.39 is 96.6 Å². The summed E-state index contributed by atoms with van der Waals surface area (Å²) in [5.41, 5.74) is 10.2. The molecule has 24 nitrogen and oxygen atoms in total. The van der Waals surface area contributed by atoms with Gasteiger partial charge in [0, 0.05) is 98.5 Å². The molecule has 3 aliphatic rings. The minimum Gasteiger partial charge on any atom is -0.481 e. The van der Waals surface area contributed by atoms with E-state index in [0.717, 1.165) is 68.2 Å². The van der Waals surface area contributed by atoms with E-state index in [0.29, 0.717) is 55.8 Å². The molecule has 4 amide bonds. The van der Waals surface area contributed by atoms with E-state index in [1.807, 2.05) is 31.2 Å². The molecule has 2 aliphatic heterocycles. The van der Waals surface area contributed by atoms with Gasteiger partial charge < -0.3 is 46.2 Å². The van der Waals surface area contributed by atoms with Crippen LogP contribution < -0.4 is 30.9 Å². The summed E-state index contributed by atoms with van der Waals surface area (Å²) in [4.78, 5) is 106. The molecule has 9 N–H and O–H groups in total. The third kappa shape index (κ3) is 24.8. The second-order valence-electron chi connectivity index (χ2n) is 29.0. The van der Waals surface area contributed by atoms with Gasteiger partial charge in [-0.1, -0.05) is 129 Å². The number of unbranched alkanes of at least 4 members (excludes halogenated alkanes) is 3. The van der Waals surface area contributed by atoms with Crippen molar-refractivity contribution in [3.63, 3.8) is 0 Å². The molecule has 26 heteroatoms. The second kappa shape index (κ2) is 38.8. The van der Waals surface area contributed by atoms with Crippen LogP contribution in [0.5, 0.6) is 5.75 Å². The number of amides is 4. The predicted octanol–water partition coefficient (Wildman–Crippen LogP) is 11.6. The lowest BCUT2D eigenvalue weighted by atomic mass is 9.81. The van der Waals surface area contributed by atoms with Crippen LogP contribution in [-0.4, -0.2) is 148 Å². The number of carbonyl (C=O) groups excluding carboxylic acids is 5. The van der Waals surface area contributed by atoms with E-state index in [2.05, 4.69) is 101 Å². The lowest BCUT2D eigenvalue weighted by Crippen LogP contribution is -2.47. The summed E-state index contributed by atoms with van der Waals surface area (Å²) in [6.07, 6.45) is 11.2. The molecule has 0 radical (unpaired) electrons. The van der Waals surface area contributed by atoms with Gasteiger partial charge in [-0.05, 0) is 162 Å². The maximum Gasteiger partial charge on any atom is 0.326 e. The van der Waals surface area contributed by atoms with Crippen molar-refractivity contribution in [3.8, 4) is 5.75 Å². The van der Waals surface area contributed by atoms with Gasteiger partial charge in [-0.2, -0.15) is 21.4 Å². The molecular formula is C82H101N6O18S2+. The average Bonchev–Trinajstić information content (AvgIpc) is 1.60. The van der Waals surface area contributed by atoms with Crippen LogP contribution in [-0.2, 0) is 83.9 Å². The summed E-state index contributed by atoms with van der Waals surface area (Å²) in [6, 6.07) is 34.6. The zero-order valence-corrected chi connectivity index (χ0v) is 63.6. The standard InChI is InChI=1S/C82H100N6O18S2/c1-55-33-42-70-65(50-55)82(4,5)73(88(70)47-17-19-49-108(103,104)105)44-37-60-27-20-26-59(36-43-72-81(2,3)64-28-12-13-29-69(64)87(72)46-16-18-48-107(100,101)102)76(60)106-63-39-34-58(35-40-63)53-68(79(97)98)84-74(91)31-15-14-30-71(90)67(52-57-24-10-7-11-25-57)85-77(94)61(51-56-22-8-6-9-23-56)54-62(89)38-41-66(78(95)96)86-80(99)83-45-21-32-75(92)93/h6-13,22-25,28-29,33-37,39-40,42-44,50,61,66-68H,14-21,26-27,30-32,38,41,45-49,51-54H2,1-5H3,(H8-,83,84,85,86,91,92,93,94,95,96,97,98,99,100,101,102,103,104,105)/p+1/t61-,66+,67+,68+/m1/s1. The largest absolute Gasteiger partial charge is 0.481 e. The lowest BCUT2D eigenvalue weighted by molar-refractivity contribution is -0.438. The molecule has 0 saturated carbocycles. The van der Waals surface area contributed by atoms with Crippen LogP contribution in [0.2, 0.25) is 0 Å². The highest BCUT2D eigenvalue weighted by Gasteiger charge is 2.45. The van der Waals surface area contributed by atoms with Gasteiger partial charge in [-0.25, -0.2) is 14.4 Å². The van der Waals surface area contributed by atoms with Gasteiger partial charge in [0.25, 0.3) is 20.2 Å². The molecule has 1 aliphatic carbocycles. The van der Waals surface area contributed by atoms with Crippen molar-refractivity contribution in [2.75, 3.05) is 36.0 Å². The van der Waals surface area contributed by atoms with Gasteiger partial charge >= 0.3 is 23.9 Å². The first-order chi connectivity index (χ1) is 51.3. The zero-order chi connectivity index (χ0) is 78.3. The Morgan fingerprint density at radius 1 is 0.602 bits per heavy atom. The van der Waals surface area contributed by atoms with Crippen molar-refractivity contribution < 1.29 is 88.9 Å². The van der Waals surface area contributed by atoms with Gasteiger partial charge in [0.15, 0.2) is 11.5 Å². The fourth-order valence-corrected chi connectivity index (χ4v) is 15.3. The first-order valence-electron chi connectivity index (χ1n) is 36.8. The van der Waals surface area contributed by atoms with E-state index in [1.165, 1.54) is 0 Å². The van der Waals surface area contributed by atoms with E-state index in [-0.39, 0.29) is 114 Å². The van der Waals surface area contributed by atoms with Crippen LogP contribution in [0, 0.1) is 12.8 Å². The number of rotatable bonds is 42. The van der Waals surface area contributed by atoms with Crippen molar-refractivity contribution in [1.82, 2.24) is 21.3 Å². The molecule has 0 saturated heterocycles. The van der Waals surface area contributed by atoms with Crippen molar-refractivity contribution in [1.29, 1.82) is 0 Å². The molecule has 0 bridgehead atoms. The number of carboxylic acid groups (broad SMARTS) is 3. The maximum absolute atomic E-state index is 14.3. The number of fused-ring (bicyclic) bond motifs is 2. The molecule has 108 heavy (non-hydrogen) atoms. The van der Waals surface area contributed by atoms with Crippen LogP contribution in [0.1, 0.15) is 164 Å². The number of aryl methyl sites for hydroxylation is 1. The Morgan fingerprint density at radius 3 is 1.88 bits per heavy atom. The van der Waals surface area contributed by atoms with E-state index in [4.69, 9.17) is 9.84 Å². The molecule has 578 valence electrons. The Labute approximate surface area is 632 Å². The van der Waals surface area contributed by atoms with Crippen LogP contribution in [0.4, 0.5) is 16.2 Å². The van der Waals surface area contributed by atoms with Gasteiger partial charge in [0.05, 0.1) is 23.0 Å². The van der Waals surface area contributed by atoms with Gasteiger partial charge in [-0.15, -0.1) is 0 Å². The highest BCUT2D eigenvalue weighted by molar-refractivity contribution is 7.86. The molecule has 0 fully saturated rings. The summed E-state index contributed by atoms with van der Waals surface area (Å²) < 4.78 is 75.2. The number of nitrogens with one attached hydrogen (secondary N) is 4. The normalized spacial score (nSPS) is 16.5. The van der Waals surface area contributed by atoms with Crippen molar-refractivity contribution >= 4 is 84.6 Å². The highest BCUT2D eigenvalue weighted by Crippen LogP contribution is 2.49. The predicted molar refractivity (Wildman–Crippen MR) is 412 cm³/mol. The fourth-order valence-electron chi connectivity index (χ4n) is 14.1. The minimum atomic E-state index is -4.15. The Hall–Kier alpha value is -9.89. The Balaban J connectivity index is 0.960. The number of benzene rings is 5. The summed E-state index contributed by atoms with van der Waals surface area (Å²) >= 11 is 0. The molecule has 5 aromatic rings. The summed E-state index contributed by atoms with van der Waals surface area (Å²) in [5.74, 6) is -6.30. The minimum absolute atomic E-state index is 0.0219. The molecule has 0 spiro atoms. The third-order valence-electron chi connectivity index (χ3n) is 19.9. The number of nitrogens with zero attached hydrogens (tertiary/aromatic N) is 2. The SMILES string of the molecule is Cc1ccc2c(c1)C(C)(C)/C(=C\C=C1/CCCC(/C=C/C3=[N+](CCCCS(=O)(=O)O)c4ccccc4C3(C)C)=C1Oc1ccc(C[C@H](NC(=O)CCCCC(=O)[C@H](Cc3ccccc3)NC(=O)[C@@H](CC(=O)CC[C@H](NC(=O)NCCCC(=O)O)C(=O)O)Cc3ccccc3)C(=O)O)cc1)N2CCCCS(=O)(=O)O.